The normalized spacial score (nSPS) is 10.9. The number of aromatic nitrogens is 2. The Bertz CT molecular complexity index is 886. The van der Waals surface area contributed by atoms with E-state index in [2.05, 4.69) is 15.6 Å². The molecule has 2 N–H and O–H groups in total. The maximum atomic E-state index is 12.0. The Morgan fingerprint density at radius 3 is 2.60 bits per heavy atom. The molecule has 7 heteroatoms. The van der Waals surface area contributed by atoms with E-state index in [1.54, 1.807) is 41.2 Å². The molecule has 1 heterocycles. The van der Waals surface area contributed by atoms with Gasteiger partial charge in [-0.3, -0.25) is 9.48 Å². The van der Waals surface area contributed by atoms with Gasteiger partial charge >= 0.3 is 0 Å². The lowest BCUT2D eigenvalue weighted by Gasteiger charge is -2.02. The molecule has 126 valence electrons. The van der Waals surface area contributed by atoms with Crippen LogP contribution in [0.2, 0.25) is 5.02 Å². The molecular weight excluding hydrogens is 340 g/mol. The van der Waals surface area contributed by atoms with Gasteiger partial charge in [-0.2, -0.15) is 10.2 Å². The standard InChI is InChI=1S/C18H15ClN4O2/c19-15-5-1-14(2-6-15)12-23-10-9-17(22-23)18(25)21-20-11-13-3-7-16(24)8-4-13/h1-11,24H,12H2,(H,21,25)/b20-11-. The Hall–Kier alpha value is -3.12. The van der Waals surface area contributed by atoms with E-state index < -0.39 is 5.91 Å². The lowest BCUT2D eigenvalue weighted by Crippen LogP contribution is -2.18. The summed E-state index contributed by atoms with van der Waals surface area (Å²) >= 11 is 5.86. The number of carbonyl (C=O) groups excluding carboxylic acids is 1. The van der Waals surface area contributed by atoms with Crippen LogP contribution < -0.4 is 5.43 Å². The smallest absolute Gasteiger partial charge is 0.291 e. The van der Waals surface area contributed by atoms with Crippen molar-refractivity contribution >= 4 is 23.7 Å². The van der Waals surface area contributed by atoms with E-state index in [-0.39, 0.29) is 11.4 Å². The molecule has 1 amide bonds. The molecule has 0 spiro atoms. The van der Waals surface area contributed by atoms with Crippen molar-refractivity contribution in [3.05, 3.63) is 82.6 Å². The molecule has 0 radical (unpaired) electrons. The number of carbonyl (C=O) groups is 1. The van der Waals surface area contributed by atoms with Crippen molar-refractivity contribution in [3.63, 3.8) is 0 Å². The third-order valence-electron chi connectivity index (χ3n) is 3.40. The molecule has 1 aromatic heterocycles. The van der Waals surface area contributed by atoms with E-state index >= 15 is 0 Å². The average Bonchev–Trinajstić information content (AvgIpc) is 3.07. The maximum Gasteiger partial charge on any atom is 0.291 e. The number of nitrogens with one attached hydrogen (secondary N) is 1. The van der Waals surface area contributed by atoms with Gasteiger partial charge in [0.1, 0.15) is 5.75 Å². The van der Waals surface area contributed by atoms with Gasteiger partial charge in [0.15, 0.2) is 5.69 Å². The molecule has 0 aliphatic rings. The number of nitrogens with zero attached hydrogens (tertiary/aromatic N) is 3. The topological polar surface area (TPSA) is 79.5 Å². The third-order valence-corrected chi connectivity index (χ3v) is 3.66. The molecule has 0 unspecified atom stereocenters. The first kappa shape index (κ1) is 16.7. The fourth-order valence-electron chi connectivity index (χ4n) is 2.13. The van der Waals surface area contributed by atoms with Gasteiger partial charge in [-0.15, -0.1) is 0 Å². The highest BCUT2D eigenvalue weighted by atomic mass is 35.5. The summed E-state index contributed by atoms with van der Waals surface area (Å²) < 4.78 is 1.67. The van der Waals surface area contributed by atoms with Crippen molar-refractivity contribution in [2.24, 2.45) is 5.10 Å². The summed E-state index contributed by atoms with van der Waals surface area (Å²) in [6, 6.07) is 15.5. The SMILES string of the molecule is O=C(N/N=C\c1ccc(O)cc1)c1ccn(Cc2ccc(Cl)cc2)n1. The number of phenols is 1. The second-order valence-corrected chi connectivity index (χ2v) is 5.75. The summed E-state index contributed by atoms with van der Waals surface area (Å²) in [6.07, 6.45) is 3.22. The molecule has 0 saturated heterocycles. The molecule has 0 bridgehead atoms. The van der Waals surface area contributed by atoms with Crippen LogP contribution in [-0.2, 0) is 6.54 Å². The van der Waals surface area contributed by atoms with Crippen LogP contribution in [0.1, 0.15) is 21.6 Å². The van der Waals surface area contributed by atoms with Crippen molar-refractivity contribution in [3.8, 4) is 5.75 Å². The number of benzene rings is 2. The van der Waals surface area contributed by atoms with Gasteiger partial charge in [-0.05, 0) is 53.6 Å². The average molecular weight is 355 g/mol. The number of hydrogen-bond donors (Lipinski definition) is 2. The lowest BCUT2D eigenvalue weighted by atomic mass is 10.2. The van der Waals surface area contributed by atoms with Gasteiger partial charge in [0.25, 0.3) is 5.91 Å². The van der Waals surface area contributed by atoms with Gasteiger partial charge < -0.3 is 5.11 Å². The molecule has 0 aliphatic carbocycles. The summed E-state index contributed by atoms with van der Waals surface area (Å²) in [6.45, 7) is 0.543. The largest absolute Gasteiger partial charge is 0.508 e. The summed E-state index contributed by atoms with van der Waals surface area (Å²) in [5, 5.41) is 18.0. The Morgan fingerprint density at radius 1 is 1.16 bits per heavy atom. The quantitative estimate of drug-likeness (QED) is 0.546. The zero-order chi connectivity index (χ0) is 17.6. The van der Waals surface area contributed by atoms with Crippen LogP contribution in [0.3, 0.4) is 0 Å². The highest BCUT2D eigenvalue weighted by molar-refractivity contribution is 6.30. The van der Waals surface area contributed by atoms with Crippen molar-refractivity contribution in [2.75, 3.05) is 0 Å². The second kappa shape index (κ2) is 7.63. The molecule has 25 heavy (non-hydrogen) atoms. The number of rotatable bonds is 5. The zero-order valence-electron chi connectivity index (χ0n) is 13.1. The summed E-state index contributed by atoms with van der Waals surface area (Å²) in [5.41, 5.74) is 4.48. The molecular formula is C18H15ClN4O2. The van der Waals surface area contributed by atoms with Crippen molar-refractivity contribution in [1.82, 2.24) is 15.2 Å². The summed E-state index contributed by atoms with van der Waals surface area (Å²) in [5.74, 6) is -0.225. The van der Waals surface area contributed by atoms with Gasteiger partial charge in [0.2, 0.25) is 0 Å². The van der Waals surface area contributed by atoms with Gasteiger partial charge in [-0.25, -0.2) is 5.43 Å². The fraction of sp³-hybridized carbons (Fsp3) is 0.0556. The minimum atomic E-state index is -0.398. The van der Waals surface area contributed by atoms with Crippen LogP contribution in [0, 0.1) is 0 Å². The maximum absolute atomic E-state index is 12.0. The molecule has 6 nitrogen and oxygen atoms in total. The molecule has 0 saturated carbocycles. The minimum Gasteiger partial charge on any atom is -0.508 e. The van der Waals surface area contributed by atoms with Crippen molar-refractivity contribution in [2.45, 2.75) is 6.54 Å². The highest BCUT2D eigenvalue weighted by Crippen LogP contribution is 2.11. The highest BCUT2D eigenvalue weighted by Gasteiger charge is 2.08. The van der Waals surface area contributed by atoms with Crippen LogP contribution >= 0.6 is 11.6 Å². The zero-order valence-corrected chi connectivity index (χ0v) is 13.9. The molecule has 3 rings (SSSR count). The van der Waals surface area contributed by atoms with E-state index in [4.69, 9.17) is 11.6 Å². The van der Waals surface area contributed by atoms with E-state index in [0.29, 0.717) is 11.6 Å². The summed E-state index contributed by atoms with van der Waals surface area (Å²) in [7, 11) is 0. The predicted octanol–water partition coefficient (Wildman–Crippen LogP) is 3.05. The lowest BCUT2D eigenvalue weighted by molar-refractivity contribution is 0.0949. The predicted molar refractivity (Wildman–Crippen MR) is 95.9 cm³/mol. The van der Waals surface area contributed by atoms with E-state index in [9.17, 15) is 9.90 Å². The first-order valence-corrected chi connectivity index (χ1v) is 7.88. The molecule has 2 aromatic carbocycles. The monoisotopic (exact) mass is 354 g/mol. The van der Waals surface area contributed by atoms with Gasteiger partial charge in [0.05, 0.1) is 12.8 Å². The van der Waals surface area contributed by atoms with E-state index in [1.165, 1.54) is 6.21 Å². The summed E-state index contributed by atoms with van der Waals surface area (Å²) in [4.78, 5) is 12.0. The Morgan fingerprint density at radius 2 is 1.88 bits per heavy atom. The Kier molecular flexibility index (Phi) is 5.11. The molecule has 3 aromatic rings. The number of phenolic OH excluding ortho intramolecular Hbond substituents is 1. The first-order chi connectivity index (χ1) is 12.1. The first-order valence-electron chi connectivity index (χ1n) is 7.50. The van der Waals surface area contributed by atoms with Crippen LogP contribution in [-0.4, -0.2) is 27.0 Å². The Balaban J connectivity index is 1.58. The molecule has 0 aliphatic heterocycles. The fourth-order valence-corrected chi connectivity index (χ4v) is 2.26. The third kappa shape index (κ3) is 4.68. The van der Waals surface area contributed by atoms with Crippen LogP contribution in [0.15, 0.2) is 65.9 Å². The van der Waals surface area contributed by atoms with Crippen molar-refractivity contribution in [1.29, 1.82) is 0 Å². The van der Waals surface area contributed by atoms with E-state index in [1.807, 2.05) is 24.3 Å². The van der Waals surface area contributed by atoms with Gasteiger partial charge in [-0.1, -0.05) is 23.7 Å². The minimum absolute atomic E-state index is 0.174. The molecule has 0 fully saturated rings. The second-order valence-electron chi connectivity index (χ2n) is 5.32. The number of halogens is 1. The van der Waals surface area contributed by atoms with Crippen LogP contribution in [0.4, 0.5) is 0 Å². The van der Waals surface area contributed by atoms with Crippen LogP contribution in [0.5, 0.6) is 5.75 Å². The number of amides is 1. The molecule has 0 atom stereocenters. The number of hydrazone groups is 1. The number of hydrogen-bond acceptors (Lipinski definition) is 4. The van der Waals surface area contributed by atoms with Crippen molar-refractivity contribution < 1.29 is 9.90 Å². The number of aromatic hydroxyl groups is 1. The van der Waals surface area contributed by atoms with E-state index in [0.717, 1.165) is 11.1 Å². The van der Waals surface area contributed by atoms with Gasteiger partial charge in [0, 0.05) is 11.2 Å². The van der Waals surface area contributed by atoms with Crippen LogP contribution in [0.25, 0.3) is 0 Å². The Labute approximate surface area is 149 Å².